The number of aryl methyl sites for hydroxylation is 1. The first-order chi connectivity index (χ1) is 25.3. The van der Waals surface area contributed by atoms with Crippen molar-refractivity contribution in [2.24, 2.45) is 28.7 Å². The van der Waals surface area contributed by atoms with E-state index in [-0.39, 0.29) is 40.1 Å². The van der Waals surface area contributed by atoms with Gasteiger partial charge in [0, 0.05) is 24.4 Å². The summed E-state index contributed by atoms with van der Waals surface area (Å²) < 4.78 is 36.4. The summed E-state index contributed by atoms with van der Waals surface area (Å²) in [6, 6.07) is 14.2. The molecule has 0 N–H and O–H groups in total. The summed E-state index contributed by atoms with van der Waals surface area (Å²) in [4.78, 5) is 43.2. The molecule has 3 atom stereocenters. The van der Waals surface area contributed by atoms with Crippen molar-refractivity contribution in [3.05, 3.63) is 76.0 Å². The molecule has 1 aliphatic heterocycles. The van der Waals surface area contributed by atoms with Crippen LogP contribution < -0.4 is 5.69 Å². The summed E-state index contributed by atoms with van der Waals surface area (Å²) in [6.07, 6.45) is 5.90. The van der Waals surface area contributed by atoms with E-state index < -0.39 is 21.7 Å². The molecule has 12 heteroatoms. The summed E-state index contributed by atoms with van der Waals surface area (Å²) in [5.41, 5.74) is 1.55. The zero-order chi connectivity index (χ0) is 38.4. The highest BCUT2D eigenvalue weighted by Gasteiger charge is 2.41. The fourth-order valence-corrected chi connectivity index (χ4v) is 10.5. The third kappa shape index (κ3) is 9.03. The molecule has 2 heterocycles. The Morgan fingerprint density at radius 3 is 2.32 bits per heavy atom. The Balaban J connectivity index is 1.73. The molecular formula is C41H55N5O5S2. The van der Waals surface area contributed by atoms with Crippen LogP contribution in [-0.4, -0.2) is 64.0 Å². The lowest BCUT2D eigenvalue weighted by molar-refractivity contribution is -0.150. The monoisotopic (exact) mass is 761 g/mol. The first-order valence-corrected chi connectivity index (χ1v) is 21.6. The summed E-state index contributed by atoms with van der Waals surface area (Å²) in [5.74, 6) is 1.72. The van der Waals surface area contributed by atoms with E-state index in [0.717, 1.165) is 44.3 Å². The number of ether oxygens (including phenoxy) is 1. The second-order valence-electron chi connectivity index (χ2n) is 14.7. The molecule has 0 spiro atoms. The van der Waals surface area contributed by atoms with Crippen LogP contribution in [0.2, 0.25) is 0 Å². The van der Waals surface area contributed by atoms with Crippen LogP contribution in [0, 0.1) is 30.6 Å². The van der Waals surface area contributed by atoms with Crippen molar-refractivity contribution < 1.29 is 17.9 Å². The van der Waals surface area contributed by atoms with Gasteiger partial charge in [-0.15, -0.1) is 0 Å². The molecule has 2 aliphatic rings. The van der Waals surface area contributed by atoms with Gasteiger partial charge in [-0.05, 0) is 79.2 Å². The zero-order valence-corrected chi connectivity index (χ0v) is 34.1. The molecule has 0 bridgehead atoms. The Kier molecular flexibility index (Phi) is 13.5. The zero-order valence-electron chi connectivity index (χ0n) is 32.5. The van der Waals surface area contributed by atoms with Crippen LogP contribution in [0.5, 0.6) is 0 Å². The third-order valence-corrected chi connectivity index (χ3v) is 13.6. The highest BCUT2D eigenvalue weighted by Crippen LogP contribution is 2.40. The lowest BCUT2D eigenvalue weighted by Gasteiger charge is -2.37. The number of benzene rings is 2. The number of aliphatic imine (C=N–C) groups is 1. The minimum atomic E-state index is -3.81. The van der Waals surface area contributed by atoms with Crippen molar-refractivity contribution in [2.75, 3.05) is 18.8 Å². The number of fused-ring (bicyclic) bond motifs is 1. The number of carbonyl (C=O) groups is 1. The molecule has 0 amide bonds. The summed E-state index contributed by atoms with van der Waals surface area (Å²) in [7, 11) is -3.81. The van der Waals surface area contributed by atoms with Crippen molar-refractivity contribution in [3.63, 3.8) is 0 Å². The van der Waals surface area contributed by atoms with E-state index in [1.807, 2.05) is 30.3 Å². The van der Waals surface area contributed by atoms with E-state index in [0.29, 0.717) is 52.5 Å². The standard InChI is InChI=1S/C41H55N5O5S2/c1-9-13-17-30(10-2)25-52-40-43-38-35(39(47)51-36-28(7)20-26(5)21-29(36)8)34(31-18-15-14-16-19-31)37(46(38)41(48)44-40)42-32-22-27(6)23-33(24-32)53(49,50)45(11-3)12-4/h14-16,18-19,22-24,26,28-30,36H,9-13,17,20-21,25H2,1-8H3. The van der Waals surface area contributed by atoms with Gasteiger partial charge in [0.1, 0.15) is 11.7 Å². The lowest BCUT2D eigenvalue weighted by Crippen LogP contribution is -2.37. The van der Waals surface area contributed by atoms with Gasteiger partial charge in [0.15, 0.2) is 16.8 Å². The van der Waals surface area contributed by atoms with Crippen LogP contribution in [0.1, 0.15) is 104 Å². The smallest absolute Gasteiger partial charge is 0.357 e. The van der Waals surface area contributed by atoms with Crippen molar-refractivity contribution in [1.29, 1.82) is 0 Å². The summed E-state index contributed by atoms with van der Waals surface area (Å²) >= 11 is 1.43. The van der Waals surface area contributed by atoms with Crippen molar-refractivity contribution in [1.82, 2.24) is 18.8 Å². The van der Waals surface area contributed by atoms with Crippen molar-refractivity contribution >= 4 is 50.4 Å². The Morgan fingerprint density at radius 1 is 1.02 bits per heavy atom. The number of thioether (sulfide) groups is 1. The normalized spacial score (nSPS) is 21.6. The van der Waals surface area contributed by atoms with Crippen LogP contribution in [0.25, 0.3) is 11.1 Å². The molecule has 0 saturated heterocycles. The average Bonchev–Trinajstić information content (AvgIpc) is 3.44. The topological polar surface area (TPSA) is 124 Å². The molecule has 53 heavy (non-hydrogen) atoms. The van der Waals surface area contributed by atoms with Gasteiger partial charge < -0.3 is 4.74 Å². The minimum absolute atomic E-state index is 0.0991. The Morgan fingerprint density at radius 2 is 1.70 bits per heavy atom. The number of allylic oxidation sites excluding steroid dienone is 1. The molecule has 1 fully saturated rings. The maximum Gasteiger partial charge on any atom is 0.357 e. The Labute approximate surface area is 319 Å². The first-order valence-electron chi connectivity index (χ1n) is 19.2. The lowest BCUT2D eigenvalue weighted by atomic mass is 9.75. The van der Waals surface area contributed by atoms with Gasteiger partial charge in [-0.3, -0.25) is 0 Å². The average molecular weight is 762 g/mol. The number of aromatic nitrogens is 3. The maximum absolute atomic E-state index is 14.7. The summed E-state index contributed by atoms with van der Waals surface area (Å²) in [6.45, 7) is 16.9. The number of rotatable bonds is 15. The van der Waals surface area contributed by atoms with Gasteiger partial charge in [-0.1, -0.05) is 110 Å². The van der Waals surface area contributed by atoms with Crippen molar-refractivity contribution in [3.8, 4) is 0 Å². The molecule has 3 unspecified atom stereocenters. The summed E-state index contributed by atoms with van der Waals surface area (Å²) in [5, 5.41) is 0.298. The molecule has 0 radical (unpaired) electrons. The largest absolute Gasteiger partial charge is 0.458 e. The van der Waals surface area contributed by atoms with Crippen LogP contribution in [0.15, 0.2) is 68.4 Å². The molecule has 286 valence electrons. The van der Waals surface area contributed by atoms with Gasteiger partial charge in [0.05, 0.1) is 10.6 Å². The number of esters is 1. The Hall–Kier alpha value is -3.61. The van der Waals surface area contributed by atoms with E-state index in [1.165, 1.54) is 26.7 Å². The number of hydrogen-bond donors (Lipinski definition) is 0. The molecule has 5 rings (SSSR count). The van der Waals surface area contributed by atoms with E-state index in [2.05, 4.69) is 39.6 Å². The predicted molar refractivity (Wildman–Crippen MR) is 214 cm³/mol. The highest BCUT2D eigenvalue weighted by molar-refractivity contribution is 7.99. The minimum Gasteiger partial charge on any atom is -0.458 e. The number of carbonyl (C=O) groups excluding carboxylic acids is 1. The van der Waals surface area contributed by atoms with E-state index in [9.17, 15) is 18.0 Å². The molecule has 3 aromatic rings. The van der Waals surface area contributed by atoms with Gasteiger partial charge in [-0.2, -0.15) is 9.29 Å². The Bertz CT molecular complexity index is 1990. The molecule has 1 aliphatic carbocycles. The van der Waals surface area contributed by atoms with Crippen molar-refractivity contribution in [2.45, 2.75) is 110 Å². The third-order valence-electron chi connectivity index (χ3n) is 10.5. The fraction of sp³-hybridized carbons (Fsp3) is 0.537. The molecular weight excluding hydrogens is 707 g/mol. The molecule has 1 aromatic heterocycles. The molecule has 1 saturated carbocycles. The van der Waals surface area contributed by atoms with Gasteiger partial charge in [0.2, 0.25) is 10.0 Å². The van der Waals surface area contributed by atoms with Gasteiger partial charge in [-0.25, -0.2) is 32.6 Å². The highest BCUT2D eigenvalue weighted by atomic mass is 32.2. The van der Waals surface area contributed by atoms with E-state index >= 15 is 0 Å². The number of nitrogens with zero attached hydrogens (tertiary/aromatic N) is 5. The van der Waals surface area contributed by atoms with Crippen LogP contribution in [-0.2, 0) is 19.6 Å². The number of hydrogen-bond acceptors (Lipinski definition) is 9. The second-order valence-corrected chi connectivity index (χ2v) is 17.6. The first kappa shape index (κ1) is 40.6. The van der Waals surface area contributed by atoms with Gasteiger partial charge in [0.25, 0.3) is 0 Å². The SMILES string of the molecule is CCCCC(CC)CSc1nc2n(c(=O)n1)C(=Nc1cc(C)cc(S(=O)(=O)N(CC)CC)c1)C(c1ccccc1)=C2C(=O)OC1C(C)CC(C)CC1C. The van der Waals surface area contributed by atoms with E-state index in [4.69, 9.17) is 14.7 Å². The van der Waals surface area contributed by atoms with E-state index in [1.54, 1.807) is 32.9 Å². The van der Waals surface area contributed by atoms with Crippen LogP contribution in [0.4, 0.5) is 5.69 Å². The number of sulfonamides is 1. The predicted octanol–water partition coefficient (Wildman–Crippen LogP) is 8.40. The maximum atomic E-state index is 14.7. The fourth-order valence-electron chi connectivity index (χ4n) is 7.80. The molecule has 10 nitrogen and oxygen atoms in total. The van der Waals surface area contributed by atoms with Gasteiger partial charge >= 0.3 is 11.7 Å². The van der Waals surface area contributed by atoms with Crippen LogP contribution >= 0.6 is 11.8 Å². The molecule has 2 aromatic carbocycles. The number of unbranched alkanes of at least 4 members (excludes halogenated alkanes) is 1. The van der Waals surface area contributed by atoms with Crippen LogP contribution in [0.3, 0.4) is 0 Å². The quantitative estimate of drug-likeness (QED) is 0.112. The second kappa shape index (κ2) is 17.7.